The van der Waals surface area contributed by atoms with Gasteiger partial charge in [-0.1, -0.05) is 58.3 Å². The molecule has 1 N–H and O–H groups in total. The Bertz CT molecular complexity index is 238. The molecule has 16 heavy (non-hydrogen) atoms. The number of hydrogen-bond donors (Lipinski definition) is 1. The summed E-state index contributed by atoms with van der Waals surface area (Å²) < 4.78 is 29.2. The Kier molecular flexibility index (Phi) is 10.6. The lowest BCUT2D eigenvalue weighted by atomic mass is 10.1. The third-order valence-corrected chi connectivity index (χ3v) is 4.63. The first-order valence-electron chi connectivity index (χ1n) is 6.18. The third-order valence-electron chi connectivity index (χ3n) is 2.48. The highest BCUT2D eigenvalue weighted by atomic mass is 33.1. The van der Waals surface area contributed by atoms with Gasteiger partial charge in [-0.2, -0.15) is 8.42 Å². The topological polar surface area (TPSA) is 54.4 Å². The number of rotatable bonds is 11. The summed E-state index contributed by atoms with van der Waals surface area (Å²) in [5.41, 5.74) is 0. The van der Waals surface area contributed by atoms with E-state index in [1.165, 1.54) is 44.9 Å². The van der Waals surface area contributed by atoms with Crippen molar-refractivity contribution in [2.45, 2.75) is 64.7 Å². The van der Waals surface area contributed by atoms with Gasteiger partial charge in [-0.15, -0.1) is 0 Å². The molecule has 98 valence electrons. The summed E-state index contributed by atoms with van der Waals surface area (Å²) in [5.74, 6) is 0.509. The van der Waals surface area contributed by atoms with Crippen LogP contribution in [-0.2, 0) is 9.15 Å². The van der Waals surface area contributed by atoms with Crippen LogP contribution in [0.3, 0.4) is 0 Å². The van der Waals surface area contributed by atoms with Gasteiger partial charge in [0.05, 0.1) is 0 Å². The van der Waals surface area contributed by atoms with Gasteiger partial charge in [-0.05, 0) is 17.2 Å². The van der Waals surface area contributed by atoms with Crippen molar-refractivity contribution in [1.29, 1.82) is 0 Å². The molecule has 0 aromatic heterocycles. The van der Waals surface area contributed by atoms with Gasteiger partial charge in [0.15, 0.2) is 0 Å². The van der Waals surface area contributed by atoms with Gasteiger partial charge in [0.25, 0.3) is 0 Å². The molecule has 0 amide bonds. The highest BCUT2D eigenvalue weighted by Gasteiger charge is 2.03. The van der Waals surface area contributed by atoms with E-state index >= 15 is 0 Å². The lowest BCUT2D eigenvalue weighted by Gasteiger charge is -2.01. The molecule has 0 fully saturated rings. The molecule has 0 unspecified atom stereocenters. The van der Waals surface area contributed by atoms with Crippen molar-refractivity contribution in [2.75, 3.05) is 5.75 Å². The first-order valence-corrected chi connectivity index (χ1v) is 9.12. The number of unbranched alkanes of at least 4 members (excludes halogenated alkanes) is 8. The maximum Gasteiger partial charge on any atom is 0.319 e. The van der Waals surface area contributed by atoms with Gasteiger partial charge in [-0.25, -0.2) is 0 Å². The van der Waals surface area contributed by atoms with Crippen molar-refractivity contribution in [3.63, 3.8) is 0 Å². The van der Waals surface area contributed by atoms with Crippen LogP contribution in [0.15, 0.2) is 0 Å². The van der Waals surface area contributed by atoms with Crippen molar-refractivity contribution in [3.8, 4) is 0 Å². The van der Waals surface area contributed by atoms with E-state index in [2.05, 4.69) is 6.92 Å². The maximum atomic E-state index is 10.4. The van der Waals surface area contributed by atoms with Crippen LogP contribution in [0.2, 0.25) is 0 Å². The van der Waals surface area contributed by atoms with E-state index in [-0.39, 0.29) is 0 Å². The molecule has 0 aromatic carbocycles. The summed E-state index contributed by atoms with van der Waals surface area (Å²) in [5, 5.41) is 0. The Morgan fingerprint density at radius 1 is 0.875 bits per heavy atom. The summed E-state index contributed by atoms with van der Waals surface area (Å²) >= 11 is 0. The third kappa shape index (κ3) is 14.3. The Balaban J connectivity index is 3.05. The van der Waals surface area contributed by atoms with E-state index in [1.807, 2.05) is 0 Å². The van der Waals surface area contributed by atoms with Crippen LogP contribution >= 0.6 is 10.8 Å². The molecule has 0 saturated carbocycles. The zero-order valence-electron chi connectivity index (χ0n) is 10.2. The fourth-order valence-corrected chi connectivity index (χ4v) is 3.09. The molecule has 0 saturated heterocycles. The summed E-state index contributed by atoms with van der Waals surface area (Å²) in [4.78, 5) is 0. The second kappa shape index (κ2) is 10.4. The SMILES string of the molecule is CCCCCCCCCCCSS(=O)(=O)O. The first kappa shape index (κ1) is 16.3. The zero-order valence-corrected chi connectivity index (χ0v) is 11.8. The highest BCUT2D eigenvalue weighted by molar-refractivity contribution is 8.69. The molecule has 0 rings (SSSR count). The van der Waals surface area contributed by atoms with E-state index in [0.29, 0.717) is 16.5 Å². The first-order chi connectivity index (χ1) is 7.56. The van der Waals surface area contributed by atoms with Crippen molar-refractivity contribution >= 4 is 19.9 Å². The average molecular weight is 268 g/mol. The van der Waals surface area contributed by atoms with E-state index in [0.717, 1.165) is 12.8 Å². The number of hydrogen-bond acceptors (Lipinski definition) is 3. The summed E-state index contributed by atoms with van der Waals surface area (Å²) in [7, 11) is -3.18. The zero-order chi connectivity index (χ0) is 12.3. The van der Waals surface area contributed by atoms with Crippen LogP contribution in [-0.4, -0.2) is 18.7 Å². The smallest absolute Gasteiger partial charge is 0.277 e. The molecule has 0 heterocycles. The largest absolute Gasteiger partial charge is 0.319 e. The van der Waals surface area contributed by atoms with E-state index in [1.54, 1.807) is 0 Å². The monoisotopic (exact) mass is 268 g/mol. The van der Waals surface area contributed by atoms with Gasteiger partial charge >= 0.3 is 9.15 Å². The molecule has 0 aliphatic rings. The van der Waals surface area contributed by atoms with Crippen molar-refractivity contribution in [2.24, 2.45) is 0 Å². The Morgan fingerprint density at radius 2 is 1.31 bits per heavy atom. The van der Waals surface area contributed by atoms with Crippen molar-refractivity contribution < 1.29 is 13.0 Å². The lowest BCUT2D eigenvalue weighted by Crippen LogP contribution is -1.92. The molecule has 0 aliphatic carbocycles. The van der Waals surface area contributed by atoms with Gasteiger partial charge in [-0.3, -0.25) is 4.55 Å². The van der Waals surface area contributed by atoms with Crippen LogP contribution in [0.1, 0.15) is 64.7 Å². The molecule has 5 heteroatoms. The lowest BCUT2D eigenvalue weighted by molar-refractivity contribution is 0.503. The molecule has 0 atom stereocenters. The molecular formula is C11H24O3S2. The Morgan fingerprint density at radius 3 is 1.75 bits per heavy atom. The quantitative estimate of drug-likeness (QED) is 0.349. The molecule has 0 aromatic rings. The maximum absolute atomic E-state index is 10.4. The second-order valence-electron chi connectivity index (χ2n) is 4.08. The minimum Gasteiger partial charge on any atom is -0.277 e. The van der Waals surface area contributed by atoms with E-state index < -0.39 is 9.15 Å². The van der Waals surface area contributed by atoms with Gasteiger partial charge in [0.1, 0.15) is 0 Å². The van der Waals surface area contributed by atoms with Crippen molar-refractivity contribution in [1.82, 2.24) is 0 Å². The van der Waals surface area contributed by atoms with Crippen LogP contribution in [0.4, 0.5) is 0 Å². The van der Waals surface area contributed by atoms with Gasteiger partial charge in [0.2, 0.25) is 0 Å². The fourth-order valence-electron chi connectivity index (χ4n) is 1.58. The van der Waals surface area contributed by atoms with E-state index in [4.69, 9.17) is 4.55 Å². The predicted octanol–water partition coefficient (Wildman–Crippen LogP) is 4.05. The highest BCUT2D eigenvalue weighted by Crippen LogP contribution is 2.14. The summed E-state index contributed by atoms with van der Waals surface area (Å²) in [6.07, 6.45) is 11.0. The van der Waals surface area contributed by atoms with Crippen molar-refractivity contribution in [3.05, 3.63) is 0 Å². The van der Waals surface area contributed by atoms with Gasteiger partial charge < -0.3 is 0 Å². The minimum atomic E-state index is -3.82. The molecule has 0 bridgehead atoms. The molecule has 0 spiro atoms. The average Bonchev–Trinajstić information content (AvgIpc) is 2.19. The fraction of sp³-hybridized carbons (Fsp3) is 1.00. The van der Waals surface area contributed by atoms with Gasteiger partial charge in [0, 0.05) is 5.75 Å². The minimum absolute atomic E-state index is 0.509. The van der Waals surface area contributed by atoms with E-state index in [9.17, 15) is 8.42 Å². The van der Waals surface area contributed by atoms with Crippen LogP contribution in [0.25, 0.3) is 0 Å². The predicted molar refractivity (Wildman–Crippen MR) is 71.2 cm³/mol. The van der Waals surface area contributed by atoms with Crippen LogP contribution in [0.5, 0.6) is 0 Å². The summed E-state index contributed by atoms with van der Waals surface area (Å²) in [6, 6.07) is 0. The summed E-state index contributed by atoms with van der Waals surface area (Å²) in [6.45, 7) is 2.22. The Labute approximate surface area is 104 Å². The molecule has 3 nitrogen and oxygen atoms in total. The van der Waals surface area contributed by atoms with Crippen LogP contribution < -0.4 is 0 Å². The Hall–Kier alpha value is 0.260. The van der Waals surface area contributed by atoms with Crippen LogP contribution in [0, 0.1) is 0 Å². The second-order valence-corrected chi connectivity index (χ2v) is 7.55. The molecule has 0 radical (unpaired) electrons. The normalized spacial score (nSPS) is 11.9. The molecular weight excluding hydrogens is 244 g/mol. The standard InChI is InChI=1S/C11H24O3S2/c1-2-3-4-5-6-7-8-9-10-11-15-16(12,13)14/h2-11H2,1H3,(H,12,13,14). The molecule has 0 aliphatic heterocycles.